The summed E-state index contributed by atoms with van der Waals surface area (Å²) in [4.78, 5) is 29.3. The molecular weight excluding hydrogens is 453 g/mol. The molecule has 1 spiro atoms. The molecule has 7 heteroatoms. The smallest absolute Gasteiger partial charge is 0.246 e. The number of carbonyl (C=O) groups is 2. The van der Waals surface area contributed by atoms with Crippen LogP contribution in [0.25, 0.3) is 6.08 Å². The monoisotopic (exact) mass is 482 g/mol. The molecular formula is C28H29F3N2O2. The number of rotatable bonds is 4. The molecule has 0 radical (unpaired) electrons. The van der Waals surface area contributed by atoms with Gasteiger partial charge in [-0.3, -0.25) is 9.59 Å². The minimum Gasteiger partial charge on any atom is -0.343 e. The lowest BCUT2D eigenvalue weighted by Gasteiger charge is -2.39. The van der Waals surface area contributed by atoms with Crippen LogP contribution >= 0.6 is 0 Å². The lowest BCUT2D eigenvalue weighted by Crippen LogP contribution is -2.45. The highest BCUT2D eigenvalue weighted by Crippen LogP contribution is 2.41. The molecule has 2 aromatic carbocycles. The van der Waals surface area contributed by atoms with Gasteiger partial charge in [-0.05, 0) is 72.8 Å². The van der Waals surface area contributed by atoms with Crippen LogP contribution in [0.4, 0.5) is 13.2 Å². The van der Waals surface area contributed by atoms with E-state index in [0.29, 0.717) is 38.5 Å². The van der Waals surface area contributed by atoms with E-state index < -0.39 is 17.5 Å². The van der Waals surface area contributed by atoms with E-state index in [9.17, 15) is 22.8 Å². The minimum atomic E-state index is -1.54. The predicted molar refractivity (Wildman–Crippen MR) is 127 cm³/mol. The Bertz CT molecular complexity index is 1150. The third kappa shape index (κ3) is 4.86. The lowest BCUT2D eigenvalue weighted by molar-refractivity contribution is -0.135. The molecule has 35 heavy (non-hydrogen) atoms. The number of fused-ring (bicyclic) bond motifs is 1. The maximum absolute atomic E-state index is 13.9. The Kier molecular flexibility index (Phi) is 6.43. The van der Waals surface area contributed by atoms with E-state index in [1.54, 1.807) is 4.90 Å². The van der Waals surface area contributed by atoms with E-state index in [1.165, 1.54) is 23.3 Å². The van der Waals surface area contributed by atoms with Gasteiger partial charge in [0, 0.05) is 44.2 Å². The molecule has 184 valence electrons. The number of amides is 2. The molecule has 5 rings (SSSR count). The second-order valence-corrected chi connectivity index (χ2v) is 10.2. The summed E-state index contributed by atoms with van der Waals surface area (Å²) < 4.78 is 40.4. The zero-order valence-electron chi connectivity index (χ0n) is 19.6. The fourth-order valence-electron chi connectivity index (χ4n) is 5.87. The highest BCUT2D eigenvalue weighted by molar-refractivity contribution is 5.92. The number of carbonyl (C=O) groups excluding carboxylic acids is 2. The van der Waals surface area contributed by atoms with Gasteiger partial charge in [-0.2, -0.15) is 0 Å². The average Bonchev–Trinajstić information content (AvgIpc) is 3.46. The van der Waals surface area contributed by atoms with Crippen molar-refractivity contribution in [1.82, 2.24) is 9.80 Å². The molecule has 2 saturated heterocycles. The van der Waals surface area contributed by atoms with Crippen molar-refractivity contribution in [1.29, 1.82) is 0 Å². The number of benzene rings is 2. The fraction of sp³-hybridized carbons (Fsp3) is 0.429. The van der Waals surface area contributed by atoms with Crippen LogP contribution in [0.1, 0.15) is 42.4 Å². The van der Waals surface area contributed by atoms with Crippen molar-refractivity contribution in [2.24, 2.45) is 11.3 Å². The minimum absolute atomic E-state index is 0.00287. The van der Waals surface area contributed by atoms with Gasteiger partial charge in [0.25, 0.3) is 0 Å². The summed E-state index contributed by atoms with van der Waals surface area (Å²) in [5.41, 5.74) is 2.56. The Morgan fingerprint density at radius 2 is 1.51 bits per heavy atom. The summed E-state index contributed by atoms with van der Waals surface area (Å²) in [7, 11) is 0. The van der Waals surface area contributed by atoms with E-state index >= 15 is 0 Å². The number of hydrogen-bond donors (Lipinski definition) is 0. The molecule has 0 atom stereocenters. The number of piperidine rings is 1. The first-order valence-electron chi connectivity index (χ1n) is 12.3. The number of nitrogens with zero attached hydrogens (tertiary/aromatic N) is 2. The van der Waals surface area contributed by atoms with Gasteiger partial charge in [-0.15, -0.1) is 0 Å². The van der Waals surface area contributed by atoms with Crippen molar-refractivity contribution in [3.8, 4) is 0 Å². The van der Waals surface area contributed by atoms with E-state index in [2.05, 4.69) is 24.3 Å². The van der Waals surface area contributed by atoms with Crippen LogP contribution in [0, 0.1) is 28.8 Å². The van der Waals surface area contributed by atoms with Gasteiger partial charge in [-0.1, -0.05) is 24.3 Å². The molecule has 0 aromatic heterocycles. The SMILES string of the molecule is O=C(C=Cc1ccc(F)c(F)c1F)N1CCC2(CCN(C(=O)CC3Cc4ccccc4C3)CC2)C1. The summed E-state index contributed by atoms with van der Waals surface area (Å²) in [5, 5.41) is 0. The molecule has 4 nitrogen and oxygen atoms in total. The zero-order valence-corrected chi connectivity index (χ0v) is 19.6. The number of hydrogen-bond acceptors (Lipinski definition) is 2. The Balaban J connectivity index is 1.12. The first kappa shape index (κ1) is 23.6. The van der Waals surface area contributed by atoms with Crippen molar-refractivity contribution < 1.29 is 22.8 Å². The molecule has 0 unspecified atom stereocenters. The normalized spacial score (nSPS) is 19.6. The third-order valence-electron chi connectivity index (χ3n) is 8.00. The van der Waals surface area contributed by atoms with Gasteiger partial charge in [0.05, 0.1) is 0 Å². The van der Waals surface area contributed by atoms with Crippen molar-refractivity contribution in [3.05, 3.63) is 76.6 Å². The van der Waals surface area contributed by atoms with Gasteiger partial charge < -0.3 is 9.80 Å². The fourth-order valence-corrected chi connectivity index (χ4v) is 5.87. The lowest BCUT2D eigenvalue weighted by atomic mass is 9.77. The topological polar surface area (TPSA) is 40.6 Å². The molecule has 2 aromatic rings. The Hall–Kier alpha value is -3.09. The van der Waals surface area contributed by atoms with Crippen molar-refractivity contribution in [3.63, 3.8) is 0 Å². The van der Waals surface area contributed by atoms with Gasteiger partial charge in [0.1, 0.15) is 0 Å². The van der Waals surface area contributed by atoms with E-state index in [4.69, 9.17) is 0 Å². The van der Waals surface area contributed by atoms with Gasteiger partial charge in [-0.25, -0.2) is 13.2 Å². The summed E-state index contributed by atoms with van der Waals surface area (Å²) in [6.07, 6.45) is 7.51. The first-order chi connectivity index (χ1) is 16.8. The second-order valence-electron chi connectivity index (χ2n) is 10.2. The van der Waals surface area contributed by atoms with E-state index in [0.717, 1.165) is 44.2 Å². The third-order valence-corrected chi connectivity index (χ3v) is 8.00. The molecule has 0 N–H and O–H groups in total. The van der Waals surface area contributed by atoms with Crippen molar-refractivity contribution in [2.75, 3.05) is 26.2 Å². The van der Waals surface area contributed by atoms with Crippen LogP contribution < -0.4 is 0 Å². The van der Waals surface area contributed by atoms with Crippen LogP contribution in [0.3, 0.4) is 0 Å². The highest BCUT2D eigenvalue weighted by atomic mass is 19.2. The maximum atomic E-state index is 13.9. The molecule has 0 bridgehead atoms. The van der Waals surface area contributed by atoms with Crippen LogP contribution in [-0.4, -0.2) is 47.8 Å². The molecule has 2 aliphatic heterocycles. The first-order valence-corrected chi connectivity index (χ1v) is 12.3. The Morgan fingerprint density at radius 3 is 2.17 bits per heavy atom. The molecule has 1 aliphatic carbocycles. The van der Waals surface area contributed by atoms with Crippen LogP contribution in [0.2, 0.25) is 0 Å². The molecule has 2 amide bonds. The highest BCUT2D eigenvalue weighted by Gasteiger charge is 2.42. The standard InChI is InChI=1S/C28H29F3N2O2/c29-23-7-5-20(26(30)27(23)31)6-8-24(34)33-14-11-28(18-33)9-12-32(13-10-28)25(35)17-19-15-21-3-1-2-4-22(21)16-19/h1-8,19H,9-18H2. The summed E-state index contributed by atoms with van der Waals surface area (Å²) in [5.74, 6) is -3.78. The van der Waals surface area contributed by atoms with Gasteiger partial charge in [0.2, 0.25) is 11.8 Å². The Labute approximate surface area is 203 Å². The number of likely N-dealkylation sites (tertiary alicyclic amines) is 2. The van der Waals surface area contributed by atoms with Gasteiger partial charge >= 0.3 is 0 Å². The van der Waals surface area contributed by atoms with Crippen LogP contribution in [0.15, 0.2) is 42.5 Å². The quantitative estimate of drug-likeness (QED) is 0.466. The molecule has 2 fully saturated rings. The van der Waals surface area contributed by atoms with E-state index in [-0.39, 0.29) is 22.8 Å². The largest absolute Gasteiger partial charge is 0.343 e. The zero-order chi connectivity index (χ0) is 24.6. The summed E-state index contributed by atoms with van der Waals surface area (Å²) >= 11 is 0. The molecule has 2 heterocycles. The summed E-state index contributed by atoms with van der Waals surface area (Å²) in [6, 6.07) is 10.4. The van der Waals surface area contributed by atoms with E-state index in [1.807, 2.05) is 4.90 Å². The summed E-state index contributed by atoms with van der Waals surface area (Å²) in [6.45, 7) is 2.60. The van der Waals surface area contributed by atoms with Crippen LogP contribution in [0.5, 0.6) is 0 Å². The average molecular weight is 483 g/mol. The van der Waals surface area contributed by atoms with Crippen molar-refractivity contribution >= 4 is 17.9 Å². The van der Waals surface area contributed by atoms with Crippen molar-refractivity contribution in [2.45, 2.75) is 38.5 Å². The molecule has 3 aliphatic rings. The van der Waals surface area contributed by atoms with Gasteiger partial charge in [0.15, 0.2) is 17.5 Å². The molecule has 0 saturated carbocycles. The Morgan fingerprint density at radius 1 is 0.886 bits per heavy atom. The second kappa shape index (κ2) is 9.51. The maximum Gasteiger partial charge on any atom is 0.246 e. The predicted octanol–water partition coefficient (Wildman–Crippen LogP) is 4.76. The van der Waals surface area contributed by atoms with Crippen LogP contribution in [-0.2, 0) is 22.4 Å². The number of halogens is 3.